The third-order valence-electron chi connectivity index (χ3n) is 4.31. The van der Waals surface area contributed by atoms with Crippen molar-refractivity contribution in [3.05, 3.63) is 0 Å². The molecule has 0 aromatic heterocycles. The van der Waals surface area contributed by atoms with Gasteiger partial charge in [0, 0.05) is 18.1 Å². The van der Waals surface area contributed by atoms with Crippen molar-refractivity contribution in [1.29, 1.82) is 0 Å². The molecule has 2 heteroatoms. The molecule has 0 radical (unpaired) electrons. The number of hydrogen-bond acceptors (Lipinski definition) is 2. The van der Waals surface area contributed by atoms with Gasteiger partial charge in [-0.05, 0) is 51.0 Å². The molecule has 1 aliphatic rings. The van der Waals surface area contributed by atoms with Gasteiger partial charge in [0.25, 0.3) is 0 Å². The summed E-state index contributed by atoms with van der Waals surface area (Å²) in [6, 6.07) is 2.02. The quantitative estimate of drug-likeness (QED) is 0.771. The molecule has 2 N–H and O–H groups in total. The van der Waals surface area contributed by atoms with Gasteiger partial charge in [-0.25, -0.2) is 0 Å². The van der Waals surface area contributed by atoms with Crippen molar-refractivity contribution in [2.75, 3.05) is 6.54 Å². The lowest BCUT2D eigenvalue weighted by molar-refractivity contribution is 0.0720. The van der Waals surface area contributed by atoms with Crippen LogP contribution in [0.4, 0.5) is 0 Å². The second-order valence-electron chi connectivity index (χ2n) is 6.03. The summed E-state index contributed by atoms with van der Waals surface area (Å²) in [6.45, 7) is 10.6. The summed E-state index contributed by atoms with van der Waals surface area (Å²) in [5, 5.41) is 0. The highest BCUT2D eigenvalue weighted by Crippen LogP contribution is 2.27. The van der Waals surface area contributed by atoms with Crippen LogP contribution in [0.25, 0.3) is 0 Å². The first-order valence-corrected chi connectivity index (χ1v) is 7.61. The largest absolute Gasteiger partial charge is 0.328 e. The first-order chi connectivity index (χ1) is 8.10. The zero-order valence-electron chi connectivity index (χ0n) is 12.3. The summed E-state index contributed by atoms with van der Waals surface area (Å²) in [4.78, 5) is 2.79. The second-order valence-corrected chi connectivity index (χ2v) is 6.03. The Kier molecular flexibility index (Phi) is 6.50. The van der Waals surface area contributed by atoms with Crippen LogP contribution in [-0.4, -0.2) is 29.6 Å². The maximum absolute atomic E-state index is 6.02. The van der Waals surface area contributed by atoms with E-state index in [1.165, 1.54) is 45.1 Å². The maximum atomic E-state index is 6.02. The van der Waals surface area contributed by atoms with Crippen molar-refractivity contribution in [1.82, 2.24) is 4.90 Å². The van der Waals surface area contributed by atoms with Crippen molar-refractivity contribution in [2.45, 2.75) is 84.3 Å². The fourth-order valence-electron chi connectivity index (χ4n) is 3.40. The molecule has 1 fully saturated rings. The van der Waals surface area contributed by atoms with Gasteiger partial charge in [0.2, 0.25) is 0 Å². The third kappa shape index (κ3) is 4.26. The molecule has 0 amide bonds. The van der Waals surface area contributed by atoms with E-state index in [1.807, 2.05) is 0 Å². The summed E-state index contributed by atoms with van der Waals surface area (Å²) in [6.07, 6.45) is 7.61. The topological polar surface area (TPSA) is 29.3 Å². The van der Waals surface area contributed by atoms with Gasteiger partial charge in [0.15, 0.2) is 0 Å². The lowest BCUT2D eigenvalue weighted by Crippen LogP contribution is -2.48. The fourth-order valence-corrected chi connectivity index (χ4v) is 3.40. The molecule has 1 unspecified atom stereocenters. The van der Waals surface area contributed by atoms with Crippen molar-refractivity contribution in [3.8, 4) is 0 Å². The van der Waals surface area contributed by atoms with Crippen LogP contribution >= 0.6 is 0 Å². The van der Waals surface area contributed by atoms with E-state index in [0.717, 1.165) is 18.0 Å². The molecule has 2 nitrogen and oxygen atoms in total. The van der Waals surface area contributed by atoms with E-state index in [2.05, 4.69) is 32.6 Å². The van der Waals surface area contributed by atoms with Gasteiger partial charge in [0.1, 0.15) is 0 Å². The predicted molar refractivity (Wildman–Crippen MR) is 76.1 cm³/mol. The molecule has 0 aromatic carbocycles. The van der Waals surface area contributed by atoms with Gasteiger partial charge in [-0.1, -0.05) is 27.7 Å². The van der Waals surface area contributed by atoms with Crippen LogP contribution in [0.3, 0.4) is 0 Å². The molecule has 1 aliphatic carbocycles. The Balaban J connectivity index is 2.63. The molecule has 1 rings (SSSR count). The van der Waals surface area contributed by atoms with Crippen LogP contribution in [0.15, 0.2) is 0 Å². The SMILES string of the molecule is CCCN(C1CCC(N)CC1)C(CC)C(C)C. The average molecular weight is 240 g/mol. The minimum Gasteiger partial charge on any atom is -0.328 e. The minimum atomic E-state index is 0.467. The Labute approximate surface area is 108 Å². The highest BCUT2D eigenvalue weighted by atomic mass is 15.2. The van der Waals surface area contributed by atoms with E-state index in [0.29, 0.717) is 6.04 Å². The highest BCUT2D eigenvalue weighted by Gasteiger charge is 2.29. The lowest BCUT2D eigenvalue weighted by Gasteiger charge is -2.42. The van der Waals surface area contributed by atoms with E-state index < -0.39 is 0 Å². The van der Waals surface area contributed by atoms with E-state index >= 15 is 0 Å². The fraction of sp³-hybridized carbons (Fsp3) is 1.00. The normalized spacial score (nSPS) is 27.7. The molecule has 1 atom stereocenters. The smallest absolute Gasteiger partial charge is 0.0119 e. The first kappa shape index (κ1) is 15.0. The van der Waals surface area contributed by atoms with E-state index in [9.17, 15) is 0 Å². The van der Waals surface area contributed by atoms with E-state index in [4.69, 9.17) is 5.73 Å². The summed E-state index contributed by atoms with van der Waals surface area (Å²) in [5.74, 6) is 0.766. The molecule has 0 heterocycles. The Morgan fingerprint density at radius 3 is 2.12 bits per heavy atom. The third-order valence-corrected chi connectivity index (χ3v) is 4.31. The molecule has 102 valence electrons. The first-order valence-electron chi connectivity index (χ1n) is 7.61. The zero-order chi connectivity index (χ0) is 12.8. The van der Waals surface area contributed by atoms with Crippen molar-refractivity contribution in [2.24, 2.45) is 11.7 Å². The molecule has 0 bridgehead atoms. The van der Waals surface area contributed by atoms with Crippen LogP contribution < -0.4 is 5.73 Å². The number of nitrogens with zero attached hydrogens (tertiary/aromatic N) is 1. The Morgan fingerprint density at radius 2 is 1.71 bits per heavy atom. The Hall–Kier alpha value is -0.0800. The minimum absolute atomic E-state index is 0.467. The van der Waals surface area contributed by atoms with Crippen molar-refractivity contribution < 1.29 is 0 Å². The van der Waals surface area contributed by atoms with Crippen LogP contribution in [-0.2, 0) is 0 Å². The van der Waals surface area contributed by atoms with Gasteiger partial charge in [-0.15, -0.1) is 0 Å². The lowest BCUT2D eigenvalue weighted by atomic mass is 9.88. The number of nitrogens with two attached hydrogens (primary N) is 1. The molecule has 1 saturated carbocycles. The molecular formula is C15H32N2. The van der Waals surface area contributed by atoms with Crippen molar-refractivity contribution >= 4 is 0 Å². The van der Waals surface area contributed by atoms with E-state index in [1.54, 1.807) is 0 Å². The summed E-state index contributed by atoms with van der Waals surface area (Å²) in [7, 11) is 0. The molecule has 0 spiro atoms. The summed E-state index contributed by atoms with van der Waals surface area (Å²) >= 11 is 0. The zero-order valence-corrected chi connectivity index (χ0v) is 12.3. The predicted octanol–water partition coefficient (Wildman–Crippen LogP) is 3.40. The standard InChI is InChI=1S/C15H32N2/c1-5-11-17(15(6-2)12(3)4)14-9-7-13(16)8-10-14/h12-15H,5-11,16H2,1-4H3. The van der Waals surface area contributed by atoms with Crippen LogP contribution in [0.5, 0.6) is 0 Å². The average Bonchev–Trinajstić information content (AvgIpc) is 2.29. The molecule has 0 aliphatic heterocycles. The van der Waals surface area contributed by atoms with Crippen LogP contribution in [0.2, 0.25) is 0 Å². The Morgan fingerprint density at radius 1 is 1.12 bits per heavy atom. The summed E-state index contributed by atoms with van der Waals surface area (Å²) < 4.78 is 0. The number of hydrogen-bond donors (Lipinski definition) is 1. The molecule has 0 saturated heterocycles. The second kappa shape index (κ2) is 7.38. The number of rotatable bonds is 6. The van der Waals surface area contributed by atoms with Crippen LogP contribution in [0, 0.1) is 5.92 Å². The van der Waals surface area contributed by atoms with Gasteiger partial charge in [0.05, 0.1) is 0 Å². The molecular weight excluding hydrogens is 208 g/mol. The summed E-state index contributed by atoms with van der Waals surface area (Å²) in [5.41, 5.74) is 6.02. The van der Waals surface area contributed by atoms with Gasteiger partial charge >= 0.3 is 0 Å². The molecule has 17 heavy (non-hydrogen) atoms. The van der Waals surface area contributed by atoms with Gasteiger partial charge in [-0.3, -0.25) is 4.90 Å². The van der Waals surface area contributed by atoms with E-state index in [-0.39, 0.29) is 0 Å². The van der Waals surface area contributed by atoms with Crippen LogP contribution in [0.1, 0.15) is 66.2 Å². The Bertz CT molecular complexity index is 195. The van der Waals surface area contributed by atoms with Gasteiger partial charge in [-0.2, -0.15) is 0 Å². The molecule has 0 aromatic rings. The maximum Gasteiger partial charge on any atom is 0.0119 e. The van der Waals surface area contributed by atoms with Gasteiger partial charge < -0.3 is 5.73 Å². The van der Waals surface area contributed by atoms with Crippen molar-refractivity contribution in [3.63, 3.8) is 0 Å². The monoisotopic (exact) mass is 240 g/mol. The highest BCUT2D eigenvalue weighted by molar-refractivity contribution is 4.85.